The maximum absolute atomic E-state index is 12.5. The van der Waals surface area contributed by atoms with E-state index in [9.17, 15) is 27.7 Å². The molecule has 162 valence electrons. The molecule has 0 heterocycles. The summed E-state index contributed by atoms with van der Waals surface area (Å²) in [6.07, 6.45) is 0.0142. The summed E-state index contributed by atoms with van der Waals surface area (Å²) in [7, 11) is -4.64. The fourth-order valence-electron chi connectivity index (χ4n) is 2.94. The average Bonchev–Trinajstić information content (AvgIpc) is 2.71. The Morgan fingerprint density at radius 3 is 2.27 bits per heavy atom. The van der Waals surface area contributed by atoms with Crippen LogP contribution in [0.25, 0.3) is 0 Å². The summed E-state index contributed by atoms with van der Waals surface area (Å²) in [5, 5.41) is 10.7. The van der Waals surface area contributed by atoms with Crippen molar-refractivity contribution < 1.29 is 32.4 Å². The largest absolute Gasteiger partial charge is 0.508 e. The molecule has 2 rings (SSSR count). The predicted octanol–water partition coefficient (Wildman–Crippen LogP) is 1.99. The molecule has 9 heteroatoms. The monoisotopic (exact) mass is 435 g/mol. The van der Waals surface area contributed by atoms with Gasteiger partial charge < -0.3 is 15.2 Å². The predicted molar refractivity (Wildman–Crippen MR) is 111 cm³/mol. The van der Waals surface area contributed by atoms with Gasteiger partial charge in [0.1, 0.15) is 11.8 Å². The third-order valence-corrected chi connectivity index (χ3v) is 5.62. The molecule has 0 aliphatic heterocycles. The zero-order chi connectivity index (χ0) is 22.1. The number of rotatable bonds is 11. The van der Waals surface area contributed by atoms with Crippen molar-refractivity contribution in [2.75, 3.05) is 13.2 Å². The molecule has 2 aromatic rings. The van der Waals surface area contributed by atoms with Crippen LogP contribution < -0.4 is 5.32 Å². The van der Waals surface area contributed by atoms with E-state index in [-0.39, 0.29) is 37.3 Å². The van der Waals surface area contributed by atoms with Gasteiger partial charge in [-0.15, -0.1) is 0 Å². The van der Waals surface area contributed by atoms with Crippen LogP contribution in [-0.4, -0.2) is 54.3 Å². The Morgan fingerprint density at radius 2 is 1.70 bits per heavy atom. The zero-order valence-corrected chi connectivity index (χ0v) is 17.3. The molecule has 2 atom stereocenters. The Kier molecular flexibility index (Phi) is 8.52. The highest BCUT2D eigenvalue weighted by Gasteiger charge is 2.32. The van der Waals surface area contributed by atoms with Crippen LogP contribution in [0.2, 0.25) is 0 Å². The molecule has 0 aromatic heterocycles. The van der Waals surface area contributed by atoms with E-state index >= 15 is 0 Å². The molecule has 2 aromatic carbocycles. The Balaban J connectivity index is 2.08. The fourth-order valence-corrected chi connectivity index (χ4v) is 3.76. The Hall–Kier alpha value is -2.75. The van der Waals surface area contributed by atoms with Crippen molar-refractivity contribution in [2.24, 2.45) is 0 Å². The number of phenolic OH excluding ortho intramolecular Hbond substituents is 1. The van der Waals surface area contributed by atoms with Crippen LogP contribution in [0.5, 0.6) is 5.75 Å². The third-order valence-electron chi connectivity index (χ3n) is 4.45. The highest BCUT2D eigenvalue weighted by Crippen LogP contribution is 2.14. The summed E-state index contributed by atoms with van der Waals surface area (Å²) < 4.78 is 38.1. The number of Topliss-reactive ketones (excluding diaryl/α,β-unsaturated/α-hetero) is 1. The van der Waals surface area contributed by atoms with E-state index < -0.39 is 33.2 Å². The SMILES string of the molecule is CCOC(=O)[C@H](Cc1ccc(O)cc1)NCCC(C(=O)c1ccccc1)S(=O)(=O)O. The van der Waals surface area contributed by atoms with E-state index in [2.05, 4.69) is 5.32 Å². The molecule has 0 amide bonds. The number of esters is 1. The lowest BCUT2D eigenvalue weighted by Gasteiger charge is -2.19. The lowest BCUT2D eigenvalue weighted by Crippen LogP contribution is -2.42. The lowest BCUT2D eigenvalue weighted by atomic mass is 10.0. The first kappa shape index (κ1) is 23.5. The van der Waals surface area contributed by atoms with E-state index in [0.29, 0.717) is 0 Å². The molecular formula is C21H25NO7S. The smallest absolute Gasteiger partial charge is 0.323 e. The van der Waals surface area contributed by atoms with Gasteiger partial charge in [-0.3, -0.25) is 14.1 Å². The van der Waals surface area contributed by atoms with Crippen LogP contribution in [0.1, 0.15) is 29.3 Å². The van der Waals surface area contributed by atoms with Gasteiger partial charge in [-0.05, 0) is 44.0 Å². The van der Waals surface area contributed by atoms with Crippen LogP contribution >= 0.6 is 0 Å². The normalized spacial score (nSPS) is 13.4. The van der Waals surface area contributed by atoms with E-state index in [1.807, 2.05) is 0 Å². The number of hydrogen-bond acceptors (Lipinski definition) is 7. The number of benzene rings is 2. The molecule has 1 unspecified atom stereocenters. The van der Waals surface area contributed by atoms with Crippen molar-refractivity contribution >= 4 is 21.9 Å². The van der Waals surface area contributed by atoms with Crippen LogP contribution in [0.4, 0.5) is 0 Å². The van der Waals surface area contributed by atoms with Crippen LogP contribution in [-0.2, 0) is 26.1 Å². The summed E-state index contributed by atoms with van der Waals surface area (Å²) in [5.74, 6) is -1.15. The second kappa shape index (κ2) is 10.9. The van der Waals surface area contributed by atoms with Gasteiger partial charge in [0.05, 0.1) is 6.61 Å². The lowest BCUT2D eigenvalue weighted by molar-refractivity contribution is -0.145. The molecule has 30 heavy (non-hydrogen) atoms. The summed E-state index contributed by atoms with van der Waals surface area (Å²) >= 11 is 0. The second-order valence-corrected chi connectivity index (χ2v) is 8.25. The Labute approximate surface area is 175 Å². The molecule has 0 fully saturated rings. The minimum absolute atomic E-state index is 0.0232. The minimum atomic E-state index is -4.64. The van der Waals surface area contributed by atoms with Gasteiger partial charge >= 0.3 is 5.97 Å². The quantitative estimate of drug-likeness (QED) is 0.278. The van der Waals surface area contributed by atoms with Crippen molar-refractivity contribution in [3.8, 4) is 5.75 Å². The first-order valence-corrected chi connectivity index (χ1v) is 11.0. The average molecular weight is 435 g/mol. The van der Waals surface area contributed by atoms with Crippen molar-refractivity contribution in [2.45, 2.75) is 31.1 Å². The molecule has 0 spiro atoms. The number of nitrogens with one attached hydrogen (secondary N) is 1. The first-order chi connectivity index (χ1) is 14.2. The second-order valence-electron chi connectivity index (χ2n) is 6.65. The van der Waals surface area contributed by atoms with Crippen LogP contribution in [0, 0.1) is 0 Å². The maximum Gasteiger partial charge on any atom is 0.323 e. The van der Waals surface area contributed by atoms with Gasteiger partial charge in [0.25, 0.3) is 10.1 Å². The summed E-state index contributed by atoms with van der Waals surface area (Å²) in [5.41, 5.74) is 0.927. The highest BCUT2D eigenvalue weighted by molar-refractivity contribution is 7.87. The first-order valence-electron chi connectivity index (χ1n) is 9.46. The van der Waals surface area contributed by atoms with Gasteiger partial charge in [-0.25, -0.2) is 0 Å². The minimum Gasteiger partial charge on any atom is -0.508 e. The number of phenols is 1. The van der Waals surface area contributed by atoms with E-state index in [4.69, 9.17) is 4.74 Å². The van der Waals surface area contributed by atoms with Crippen molar-refractivity contribution in [3.05, 3.63) is 65.7 Å². The van der Waals surface area contributed by atoms with Gasteiger partial charge in [0.15, 0.2) is 11.0 Å². The molecule has 0 saturated heterocycles. The fraction of sp³-hybridized carbons (Fsp3) is 0.333. The number of aromatic hydroxyl groups is 1. The molecule has 0 saturated carbocycles. The number of ether oxygens (including phenoxy) is 1. The summed E-state index contributed by atoms with van der Waals surface area (Å²) in [4.78, 5) is 24.8. The number of ketones is 1. The molecule has 0 bridgehead atoms. The van der Waals surface area contributed by atoms with Gasteiger partial charge in [0, 0.05) is 5.56 Å². The van der Waals surface area contributed by atoms with Gasteiger partial charge in [-0.2, -0.15) is 8.42 Å². The van der Waals surface area contributed by atoms with Crippen LogP contribution in [0.15, 0.2) is 54.6 Å². The number of carbonyl (C=O) groups is 2. The van der Waals surface area contributed by atoms with Gasteiger partial charge in [-0.1, -0.05) is 42.5 Å². The molecular weight excluding hydrogens is 410 g/mol. The Morgan fingerprint density at radius 1 is 1.07 bits per heavy atom. The standard InChI is InChI=1S/C21H25NO7S/c1-2-29-21(25)18(14-15-8-10-17(23)11-9-15)22-13-12-19(30(26,27)28)20(24)16-6-4-3-5-7-16/h3-11,18-19,22-23H,2,12-14H2,1H3,(H,26,27,28)/t18-,19?/m0/s1. The molecule has 3 N–H and O–H groups in total. The topological polar surface area (TPSA) is 130 Å². The van der Waals surface area contributed by atoms with Crippen LogP contribution in [0.3, 0.4) is 0 Å². The van der Waals surface area contributed by atoms with Crippen molar-refractivity contribution in [3.63, 3.8) is 0 Å². The molecule has 0 aliphatic rings. The maximum atomic E-state index is 12.5. The van der Waals surface area contributed by atoms with Gasteiger partial charge in [0.2, 0.25) is 0 Å². The molecule has 0 radical (unpaired) electrons. The van der Waals surface area contributed by atoms with E-state index in [0.717, 1.165) is 5.56 Å². The summed E-state index contributed by atoms with van der Waals surface area (Å²) in [6.45, 7) is 1.82. The van der Waals surface area contributed by atoms with E-state index in [1.54, 1.807) is 37.3 Å². The van der Waals surface area contributed by atoms with Crippen molar-refractivity contribution in [1.29, 1.82) is 0 Å². The summed E-state index contributed by atoms with van der Waals surface area (Å²) in [6, 6.07) is 13.3. The molecule has 8 nitrogen and oxygen atoms in total. The highest BCUT2D eigenvalue weighted by atomic mass is 32.2. The van der Waals surface area contributed by atoms with E-state index in [1.165, 1.54) is 24.3 Å². The zero-order valence-electron chi connectivity index (χ0n) is 16.5. The number of carbonyl (C=O) groups excluding carboxylic acids is 2. The molecule has 0 aliphatic carbocycles. The Bertz CT molecular complexity index is 943. The number of hydrogen-bond donors (Lipinski definition) is 3. The third kappa shape index (κ3) is 6.94. The van der Waals surface area contributed by atoms with Crippen molar-refractivity contribution in [1.82, 2.24) is 5.32 Å².